The molecule has 0 radical (unpaired) electrons. The molecule has 0 bridgehead atoms. The third-order valence-electron chi connectivity index (χ3n) is 5.46. The summed E-state index contributed by atoms with van der Waals surface area (Å²) in [5, 5.41) is 0. The number of benzene rings is 1. The van der Waals surface area contributed by atoms with E-state index in [0.29, 0.717) is 5.91 Å². The van der Waals surface area contributed by atoms with Crippen molar-refractivity contribution in [3.63, 3.8) is 0 Å². The van der Waals surface area contributed by atoms with Crippen LogP contribution in [-0.4, -0.2) is 37.0 Å². The van der Waals surface area contributed by atoms with Gasteiger partial charge >= 0.3 is 0 Å². The molecule has 23 heavy (non-hydrogen) atoms. The standard InChI is InChI=1S/C20H30N2O/c1-17-8-10-18(11-9-17)15-21-12-6-7-19(16-21)20(23)22-13-4-2-3-5-14-22/h8-11,19H,2-7,12-16H2,1H3/p+1. The molecule has 2 saturated heterocycles. The molecule has 2 heterocycles. The Labute approximate surface area is 140 Å². The molecule has 2 aliphatic rings. The molecule has 0 aliphatic carbocycles. The molecule has 1 aromatic rings. The first kappa shape index (κ1) is 16.5. The van der Waals surface area contributed by atoms with Crippen LogP contribution in [0.3, 0.4) is 0 Å². The maximum atomic E-state index is 12.9. The monoisotopic (exact) mass is 315 g/mol. The van der Waals surface area contributed by atoms with Gasteiger partial charge < -0.3 is 9.80 Å². The molecule has 3 heteroatoms. The minimum absolute atomic E-state index is 0.252. The first-order valence-corrected chi connectivity index (χ1v) is 9.40. The van der Waals surface area contributed by atoms with Gasteiger partial charge in [-0.25, -0.2) is 0 Å². The third-order valence-corrected chi connectivity index (χ3v) is 5.46. The lowest BCUT2D eigenvalue weighted by Crippen LogP contribution is -3.12. The molecule has 2 unspecified atom stereocenters. The molecule has 1 N–H and O–H groups in total. The summed E-state index contributed by atoms with van der Waals surface area (Å²) in [5.74, 6) is 0.690. The molecule has 2 aliphatic heterocycles. The topological polar surface area (TPSA) is 24.8 Å². The van der Waals surface area contributed by atoms with Crippen molar-refractivity contribution in [3.8, 4) is 0 Å². The van der Waals surface area contributed by atoms with E-state index in [2.05, 4.69) is 36.1 Å². The highest BCUT2D eigenvalue weighted by atomic mass is 16.2. The molecule has 1 amide bonds. The summed E-state index contributed by atoms with van der Waals surface area (Å²) in [7, 11) is 0. The van der Waals surface area contributed by atoms with E-state index >= 15 is 0 Å². The molecule has 3 nitrogen and oxygen atoms in total. The average molecular weight is 315 g/mol. The minimum Gasteiger partial charge on any atom is -0.342 e. The van der Waals surface area contributed by atoms with Crippen molar-refractivity contribution >= 4 is 5.91 Å². The van der Waals surface area contributed by atoms with Crippen LogP contribution in [0.1, 0.15) is 49.7 Å². The van der Waals surface area contributed by atoms with Crippen molar-refractivity contribution < 1.29 is 9.69 Å². The lowest BCUT2D eigenvalue weighted by atomic mass is 9.96. The highest BCUT2D eigenvalue weighted by molar-refractivity contribution is 5.79. The largest absolute Gasteiger partial charge is 0.342 e. The number of quaternary nitrogens is 1. The second kappa shape index (κ2) is 7.96. The van der Waals surface area contributed by atoms with E-state index in [9.17, 15) is 4.79 Å². The SMILES string of the molecule is Cc1ccc(C[NH+]2CCCC(C(=O)N3CCCCCC3)C2)cc1. The van der Waals surface area contributed by atoms with Gasteiger partial charge in [0.25, 0.3) is 0 Å². The van der Waals surface area contributed by atoms with Crippen molar-refractivity contribution in [2.45, 2.75) is 52.0 Å². The fourth-order valence-corrected chi connectivity index (χ4v) is 4.07. The van der Waals surface area contributed by atoms with Crippen LogP contribution in [0.4, 0.5) is 0 Å². The number of nitrogens with zero attached hydrogens (tertiary/aromatic N) is 1. The fraction of sp³-hybridized carbons (Fsp3) is 0.650. The quantitative estimate of drug-likeness (QED) is 0.909. The zero-order chi connectivity index (χ0) is 16.1. The number of aryl methyl sites for hydroxylation is 1. The molecule has 2 atom stereocenters. The second-order valence-corrected chi connectivity index (χ2v) is 7.45. The molecule has 0 spiro atoms. The lowest BCUT2D eigenvalue weighted by molar-refractivity contribution is -0.921. The number of carbonyl (C=O) groups is 1. The summed E-state index contributed by atoms with van der Waals surface area (Å²) in [4.78, 5) is 16.6. The van der Waals surface area contributed by atoms with E-state index in [1.165, 1.54) is 49.8 Å². The molecular formula is C20H31N2O+. The van der Waals surface area contributed by atoms with Crippen LogP contribution in [0.15, 0.2) is 24.3 Å². The second-order valence-electron chi connectivity index (χ2n) is 7.45. The Bertz CT molecular complexity index is 503. The number of hydrogen-bond acceptors (Lipinski definition) is 1. The molecule has 1 aromatic carbocycles. The van der Waals surface area contributed by atoms with Crippen molar-refractivity contribution in [1.29, 1.82) is 0 Å². The van der Waals surface area contributed by atoms with Crippen molar-refractivity contribution in [1.82, 2.24) is 4.90 Å². The molecule has 0 saturated carbocycles. The maximum absolute atomic E-state index is 12.9. The Hall–Kier alpha value is -1.35. The Kier molecular flexibility index (Phi) is 5.71. The molecule has 0 aromatic heterocycles. The molecule has 2 fully saturated rings. The van der Waals surface area contributed by atoms with Crippen LogP contribution in [-0.2, 0) is 11.3 Å². The van der Waals surface area contributed by atoms with E-state index in [4.69, 9.17) is 0 Å². The summed E-state index contributed by atoms with van der Waals surface area (Å²) in [6, 6.07) is 8.86. The number of nitrogens with one attached hydrogen (secondary N) is 1. The van der Waals surface area contributed by atoms with Gasteiger partial charge in [-0.1, -0.05) is 42.7 Å². The summed E-state index contributed by atoms with van der Waals surface area (Å²) < 4.78 is 0. The van der Waals surface area contributed by atoms with Crippen LogP contribution >= 0.6 is 0 Å². The van der Waals surface area contributed by atoms with E-state index < -0.39 is 0 Å². The summed E-state index contributed by atoms with van der Waals surface area (Å²) in [5.41, 5.74) is 2.71. The number of carbonyl (C=O) groups excluding carboxylic acids is 1. The molecule has 3 rings (SSSR count). The van der Waals surface area contributed by atoms with Crippen LogP contribution < -0.4 is 4.90 Å². The smallest absolute Gasteiger partial charge is 0.231 e. The predicted octanol–water partition coefficient (Wildman–Crippen LogP) is 2.19. The Morgan fingerprint density at radius 2 is 1.78 bits per heavy atom. The lowest BCUT2D eigenvalue weighted by Gasteiger charge is -2.32. The molecular weight excluding hydrogens is 284 g/mol. The van der Waals surface area contributed by atoms with Gasteiger partial charge in [0.15, 0.2) is 0 Å². The predicted molar refractivity (Wildman–Crippen MR) is 93.4 cm³/mol. The van der Waals surface area contributed by atoms with Gasteiger partial charge in [0, 0.05) is 18.7 Å². The average Bonchev–Trinajstić information content (AvgIpc) is 2.86. The third kappa shape index (κ3) is 4.57. The van der Waals surface area contributed by atoms with Crippen molar-refractivity contribution in [2.24, 2.45) is 5.92 Å². The number of rotatable bonds is 3. The Morgan fingerprint density at radius 1 is 1.09 bits per heavy atom. The normalized spacial score (nSPS) is 25.9. The highest BCUT2D eigenvalue weighted by Gasteiger charge is 2.31. The minimum atomic E-state index is 0.252. The number of likely N-dealkylation sites (tertiary alicyclic amines) is 2. The highest BCUT2D eigenvalue weighted by Crippen LogP contribution is 2.16. The van der Waals surface area contributed by atoms with Crippen LogP contribution in [0, 0.1) is 12.8 Å². The van der Waals surface area contributed by atoms with Crippen molar-refractivity contribution in [3.05, 3.63) is 35.4 Å². The van der Waals surface area contributed by atoms with E-state index in [0.717, 1.165) is 32.6 Å². The van der Waals surface area contributed by atoms with Gasteiger partial charge in [-0.3, -0.25) is 4.79 Å². The van der Waals surface area contributed by atoms with Gasteiger partial charge in [0.05, 0.1) is 19.0 Å². The van der Waals surface area contributed by atoms with E-state index in [-0.39, 0.29) is 5.92 Å². The zero-order valence-corrected chi connectivity index (χ0v) is 14.5. The molecule has 126 valence electrons. The summed E-state index contributed by atoms with van der Waals surface area (Å²) in [6.45, 7) is 7.39. The fourth-order valence-electron chi connectivity index (χ4n) is 4.07. The first-order chi connectivity index (χ1) is 11.2. The summed E-state index contributed by atoms with van der Waals surface area (Å²) >= 11 is 0. The van der Waals surface area contributed by atoms with Gasteiger partial charge in [0.1, 0.15) is 6.54 Å². The maximum Gasteiger partial charge on any atom is 0.231 e. The van der Waals surface area contributed by atoms with Crippen LogP contribution in [0.25, 0.3) is 0 Å². The van der Waals surface area contributed by atoms with Gasteiger partial charge in [-0.05, 0) is 32.6 Å². The van der Waals surface area contributed by atoms with E-state index in [1.54, 1.807) is 4.90 Å². The van der Waals surface area contributed by atoms with Crippen molar-refractivity contribution in [2.75, 3.05) is 26.2 Å². The first-order valence-electron chi connectivity index (χ1n) is 9.40. The Balaban J connectivity index is 1.56. The van der Waals surface area contributed by atoms with Crippen LogP contribution in [0.2, 0.25) is 0 Å². The van der Waals surface area contributed by atoms with Gasteiger partial charge in [0.2, 0.25) is 5.91 Å². The van der Waals surface area contributed by atoms with E-state index in [1.807, 2.05) is 0 Å². The van der Waals surface area contributed by atoms with Gasteiger partial charge in [-0.2, -0.15) is 0 Å². The Morgan fingerprint density at radius 3 is 2.48 bits per heavy atom. The number of piperidine rings is 1. The number of hydrogen-bond donors (Lipinski definition) is 1. The number of amides is 1. The zero-order valence-electron chi connectivity index (χ0n) is 14.5. The van der Waals surface area contributed by atoms with Gasteiger partial charge in [-0.15, -0.1) is 0 Å². The van der Waals surface area contributed by atoms with Crippen LogP contribution in [0.5, 0.6) is 0 Å². The summed E-state index contributed by atoms with van der Waals surface area (Å²) in [6.07, 6.45) is 7.24.